The number of aromatic nitrogens is 1. The largest absolute Gasteiger partial charge is 0.463 e. The van der Waals surface area contributed by atoms with Crippen LogP contribution in [-0.4, -0.2) is 28.7 Å². The van der Waals surface area contributed by atoms with Crippen LogP contribution >= 0.6 is 0 Å². The Kier molecular flexibility index (Phi) is 6.06. The summed E-state index contributed by atoms with van der Waals surface area (Å²) in [7, 11) is 0. The highest BCUT2D eigenvalue weighted by atomic mass is 16.6. The number of nitrogens with zero attached hydrogens (tertiary/aromatic N) is 1. The monoisotopic (exact) mass is 460 g/mol. The minimum absolute atomic E-state index is 0.176. The zero-order valence-corrected chi connectivity index (χ0v) is 19.2. The van der Waals surface area contributed by atoms with E-state index in [0.717, 1.165) is 10.9 Å². The third-order valence-corrected chi connectivity index (χ3v) is 4.93. The summed E-state index contributed by atoms with van der Waals surface area (Å²) in [5, 5.41) is 3.72. The van der Waals surface area contributed by atoms with Crippen molar-refractivity contribution in [2.75, 3.05) is 0 Å². The summed E-state index contributed by atoms with van der Waals surface area (Å²) in [5.74, 6) is -0.514. The Labute approximate surface area is 195 Å². The van der Waals surface area contributed by atoms with Crippen LogP contribution in [0.4, 0.5) is 4.79 Å². The first-order valence-corrected chi connectivity index (χ1v) is 10.7. The minimum Gasteiger partial charge on any atom is -0.463 e. The molecule has 0 aliphatic rings. The number of hydrogen-bond donors (Lipinski definition) is 1. The van der Waals surface area contributed by atoms with Crippen molar-refractivity contribution in [2.24, 2.45) is 0 Å². The molecule has 0 aliphatic heterocycles. The Hall–Kier alpha value is -4.20. The molecule has 0 saturated carbocycles. The smallest absolute Gasteiger partial charge is 0.408 e. The fourth-order valence-electron chi connectivity index (χ4n) is 3.31. The highest BCUT2D eigenvalue weighted by Crippen LogP contribution is 2.24. The number of nitrogens with one attached hydrogen (secondary N) is 1. The lowest BCUT2D eigenvalue weighted by atomic mass is 10.1. The van der Waals surface area contributed by atoms with Gasteiger partial charge in [-0.2, -0.15) is 0 Å². The normalized spacial score (nSPS) is 12.4. The van der Waals surface area contributed by atoms with Gasteiger partial charge in [0.15, 0.2) is 0 Å². The van der Waals surface area contributed by atoms with Crippen molar-refractivity contribution < 1.29 is 23.5 Å². The first-order valence-electron chi connectivity index (χ1n) is 10.7. The second-order valence-electron chi connectivity index (χ2n) is 8.81. The van der Waals surface area contributed by atoms with E-state index in [0.29, 0.717) is 16.6 Å². The number of carbonyl (C=O) groups excluding carboxylic acids is 2. The molecule has 174 valence electrons. The quantitative estimate of drug-likeness (QED) is 0.343. The number of ether oxygens (including phenoxy) is 2. The van der Waals surface area contributed by atoms with Gasteiger partial charge in [0.2, 0.25) is 5.43 Å². The summed E-state index contributed by atoms with van der Waals surface area (Å²) in [5.41, 5.74) is 0.931. The van der Waals surface area contributed by atoms with Gasteiger partial charge in [-0.25, -0.2) is 14.6 Å². The average molecular weight is 460 g/mol. The molecule has 1 N–H and O–H groups in total. The van der Waals surface area contributed by atoms with Crippen LogP contribution in [0, 0.1) is 0 Å². The Morgan fingerprint density at radius 3 is 2.59 bits per heavy atom. The maximum atomic E-state index is 13.1. The molecule has 0 fully saturated rings. The number of esters is 1. The summed E-state index contributed by atoms with van der Waals surface area (Å²) < 4.78 is 16.1. The predicted molar refractivity (Wildman–Crippen MR) is 128 cm³/mol. The number of fused-ring (bicyclic) bond motifs is 2. The van der Waals surface area contributed by atoms with Crippen molar-refractivity contribution in [3.63, 3.8) is 0 Å². The molecule has 0 bridgehead atoms. The summed E-state index contributed by atoms with van der Waals surface area (Å²) in [6, 6.07) is 14.8. The fourth-order valence-corrected chi connectivity index (χ4v) is 3.31. The number of amides is 1. The first-order chi connectivity index (χ1) is 16.1. The summed E-state index contributed by atoms with van der Waals surface area (Å²) in [4.78, 5) is 41.9. The van der Waals surface area contributed by atoms with Gasteiger partial charge < -0.3 is 19.2 Å². The lowest BCUT2D eigenvalue weighted by molar-refractivity contribution is -0.136. The Morgan fingerprint density at radius 2 is 1.82 bits per heavy atom. The molecule has 34 heavy (non-hydrogen) atoms. The van der Waals surface area contributed by atoms with E-state index in [9.17, 15) is 14.4 Å². The van der Waals surface area contributed by atoms with Crippen LogP contribution in [0.3, 0.4) is 0 Å². The molecular weight excluding hydrogens is 436 g/mol. The van der Waals surface area contributed by atoms with Crippen LogP contribution in [0.25, 0.3) is 33.1 Å². The van der Waals surface area contributed by atoms with Crippen molar-refractivity contribution in [1.29, 1.82) is 0 Å². The number of pyridine rings is 1. The van der Waals surface area contributed by atoms with Gasteiger partial charge >= 0.3 is 12.1 Å². The maximum Gasteiger partial charge on any atom is 0.408 e. The summed E-state index contributed by atoms with van der Waals surface area (Å²) in [6.45, 7) is 6.65. The molecule has 1 atom stereocenters. The molecule has 2 heterocycles. The molecule has 8 heteroatoms. The average Bonchev–Trinajstić information content (AvgIpc) is 2.77. The second-order valence-corrected chi connectivity index (χ2v) is 8.81. The number of hydrogen-bond acceptors (Lipinski definition) is 7. The molecule has 0 aliphatic carbocycles. The van der Waals surface area contributed by atoms with Gasteiger partial charge in [-0.1, -0.05) is 24.3 Å². The Balaban J connectivity index is 1.54. The Bertz CT molecular complexity index is 1450. The van der Waals surface area contributed by atoms with Gasteiger partial charge in [-0.3, -0.25) is 4.79 Å². The third kappa shape index (κ3) is 5.06. The molecule has 4 rings (SSSR count). The molecule has 0 spiro atoms. The topological polar surface area (TPSA) is 108 Å². The maximum absolute atomic E-state index is 13.1. The van der Waals surface area contributed by atoms with Crippen LogP contribution in [0.15, 0.2) is 70.1 Å². The van der Waals surface area contributed by atoms with E-state index in [2.05, 4.69) is 10.3 Å². The summed E-state index contributed by atoms with van der Waals surface area (Å²) in [6.07, 6.45) is 0.622. The number of para-hydroxylation sites is 1. The van der Waals surface area contributed by atoms with E-state index in [1.165, 1.54) is 31.4 Å². The summed E-state index contributed by atoms with van der Waals surface area (Å²) >= 11 is 0. The van der Waals surface area contributed by atoms with Gasteiger partial charge in [0.25, 0.3) is 0 Å². The molecule has 8 nitrogen and oxygen atoms in total. The number of alkyl carbamates (subject to hydrolysis) is 1. The van der Waals surface area contributed by atoms with E-state index in [4.69, 9.17) is 13.9 Å². The Morgan fingerprint density at radius 1 is 1.06 bits per heavy atom. The SMILES string of the molecule is CC(NC(=O)OC(C)(C)C)C(=O)Oc1ccc2c(=O)c(-c3ccc4ccccc4n3)coc2c1. The van der Waals surface area contributed by atoms with Crippen molar-refractivity contribution in [3.8, 4) is 17.0 Å². The van der Waals surface area contributed by atoms with E-state index >= 15 is 0 Å². The van der Waals surface area contributed by atoms with Crippen molar-refractivity contribution in [3.05, 3.63) is 71.1 Å². The van der Waals surface area contributed by atoms with E-state index in [1.54, 1.807) is 26.8 Å². The van der Waals surface area contributed by atoms with Crippen LogP contribution in [0.2, 0.25) is 0 Å². The van der Waals surface area contributed by atoms with Crippen molar-refractivity contribution in [2.45, 2.75) is 39.3 Å². The molecule has 0 saturated heterocycles. The van der Waals surface area contributed by atoms with Crippen LogP contribution in [0.1, 0.15) is 27.7 Å². The number of rotatable bonds is 4. The van der Waals surface area contributed by atoms with Gasteiger partial charge in [-0.05, 0) is 52.0 Å². The number of carbonyl (C=O) groups is 2. The van der Waals surface area contributed by atoms with Gasteiger partial charge in [0, 0.05) is 11.5 Å². The zero-order valence-electron chi connectivity index (χ0n) is 19.2. The van der Waals surface area contributed by atoms with Gasteiger partial charge in [0.05, 0.1) is 22.2 Å². The van der Waals surface area contributed by atoms with Crippen LogP contribution in [0.5, 0.6) is 5.75 Å². The lowest BCUT2D eigenvalue weighted by Crippen LogP contribution is -2.43. The predicted octanol–water partition coefficient (Wildman–Crippen LogP) is 4.83. The molecule has 1 unspecified atom stereocenters. The van der Waals surface area contributed by atoms with Crippen molar-refractivity contribution in [1.82, 2.24) is 10.3 Å². The highest BCUT2D eigenvalue weighted by Gasteiger charge is 2.22. The van der Waals surface area contributed by atoms with Gasteiger partial charge in [-0.15, -0.1) is 0 Å². The molecule has 1 amide bonds. The van der Waals surface area contributed by atoms with Gasteiger partial charge in [0.1, 0.15) is 29.2 Å². The van der Waals surface area contributed by atoms with Crippen LogP contribution in [-0.2, 0) is 9.53 Å². The van der Waals surface area contributed by atoms with Crippen LogP contribution < -0.4 is 15.5 Å². The number of benzene rings is 2. The van der Waals surface area contributed by atoms with E-state index in [-0.39, 0.29) is 16.8 Å². The van der Waals surface area contributed by atoms with E-state index in [1.807, 2.05) is 30.3 Å². The molecule has 4 aromatic rings. The molecule has 2 aromatic carbocycles. The molecule has 2 aromatic heterocycles. The third-order valence-electron chi connectivity index (χ3n) is 4.93. The first kappa shape index (κ1) is 23.0. The van der Waals surface area contributed by atoms with E-state index < -0.39 is 23.7 Å². The van der Waals surface area contributed by atoms with Crippen molar-refractivity contribution >= 4 is 33.9 Å². The zero-order chi connectivity index (χ0) is 24.5. The standard InChI is InChI=1S/C26H24N2O6/c1-15(27-25(31)34-26(2,3)4)24(30)33-17-10-11-18-22(13-17)32-14-19(23(18)29)21-12-9-16-7-5-6-8-20(16)28-21/h5-15H,1-4H3,(H,27,31). The fraction of sp³-hybridized carbons (Fsp3) is 0.231. The second kappa shape index (κ2) is 8.97. The molecule has 0 radical (unpaired) electrons. The lowest BCUT2D eigenvalue weighted by Gasteiger charge is -2.21. The minimum atomic E-state index is -0.945. The molecular formula is C26H24N2O6. The highest BCUT2D eigenvalue weighted by molar-refractivity contribution is 5.86.